The number of hydrogen-bond acceptors (Lipinski definition) is 4. The van der Waals surface area contributed by atoms with Crippen LogP contribution in [0.25, 0.3) is 5.76 Å². The van der Waals surface area contributed by atoms with E-state index >= 15 is 0 Å². The number of nitrogens with zero attached hydrogens (tertiary/aromatic N) is 2. The summed E-state index contributed by atoms with van der Waals surface area (Å²) < 4.78 is 0. The van der Waals surface area contributed by atoms with Crippen molar-refractivity contribution in [3.63, 3.8) is 0 Å². The van der Waals surface area contributed by atoms with Crippen molar-refractivity contribution in [1.29, 1.82) is 0 Å². The predicted octanol–water partition coefficient (Wildman–Crippen LogP) is 5.23. The third-order valence-electron chi connectivity index (χ3n) is 5.54. The second kappa shape index (κ2) is 8.36. The van der Waals surface area contributed by atoms with E-state index in [0.29, 0.717) is 21.8 Å². The van der Waals surface area contributed by atoms with Crippen LogP contribution in [0.2, 0.25) is 5.02 Å². The molecule has 1 aromatic heterocycles. The molecule has 1 fully saturated rings. The zero-order valence-corrected chi connectivity index (χ0v) is 17.9. The molecule has 1 aliphatic heterocycles. The van der Waals surface area contributed by atoms with E-state index in [9.17, 15) is 14.7 Å². The van der Waals surface area contributed by atoms with Crippen LogP contribution in [-0.2, 0) is 16.0 Å². The molecule has 1 unspecified atom stereocenters. The molecule has 0 saturated carbocycles. The van der Waals surface area contributed by atoms with Gasteiger partial charge in [-0.1, -0.05) is 48.9 Å². The number of pyridine rings is 1. The summed E-state index contributed by atoms with van der Waals surface area (Å²) >= 11 is 6.30. The fourth-order valence-electron chi connectivity index (χ4n) is 3.75. The van der Waals surface area contributed by atoms with Gasteiger partial charge in [0.2, 0.25) is 0 Å². The second-order valence-electron chi connectivity index (χ2n) is 7.43. The normalized spacial score (nSPS) is 17.9. The minimum absolute atomic E-state index is 0.0390. The van der Waals surface area contributed by atoms with Crippen molar-refractivity contribution < 1.29 is 14.7 Å². The summed E-state index contributed by atoms with van der Waals surface area (Å²) in [7, 11) is 0. The fourth-order valence-corrected chi connectivity index (χ4v) is 3.92. The number of aliphatic hydroxyl groups is 1. The Bertz CT molecular complexity index is 1190. The first-order chi connectivity index (χ1) is 14.9. The fraction of sp³-hybridized carbons (Fsp3) is 0.160. The Hall–Kier alpha value is -3.44. The summed E-state index contributed by atoms with van der Waals surface area (Å²) in [5, 5.41) is 11.6. The summed E-state index contributed by atoms with van der Waals surface area (Å²) in [5.41, 5.74) is 3.64. The van der Waals surface area contributed by atoms with Crippen molar-refractivity contribution >= 4 is 34.7 Å². The summed E-state index contributed by atoms with van der Waals surface area (Å²) in [6.07, 6.45) is 4.04. The number of carbonyl (C=O) groups is 2. The third-order valence-corrected chi connectivity index (χ3v) is 5.94. The van der Waals surface area contributed by atoms with Gasteiger partial charge in [-0.15, -0.1) is 0 Å². The molecule has 1 aliphatic rings. The average molecular weight is 433 g/mol. The van der Waals surface area contributed by atoms with Gasteiger partial charge in [-0.2, -0.15) is 0 Å². The molecular weight excluding hydrogens is 412 g/mol. The van der Waals surface area contributed by atoms with Crippen molar-refractivity contribution in [3.8, 4) is 0 Å². The zero-order valence-electron chi connectivity index (χ0n) is 17.2. The van der Waals surface area contributed by atoms with Gasteiger partial charge in [0.25, 0.3) is 11.7 Å². The Morgan fingerprint density at radius 3 is 2.35 bits per heavy atom. The van der Waals surface area contributed by atoms with Crippen LogP contribution >= 0.6 is 11.6 Å². The van der Waals surface area contributed by atoms with Crippen LogP contribution in [0.15, 0.2) is 72.6 Å². The van der Waals surface area contributed by atoms with E-state index in [1.807, 2.05) is 26.0 Å². The van der Waals surface area contributed by atoms with E-state index in [0.717, 1.165) is 17.5 Å². The third kappa shape index (κ3) is 3.73. The molecule has 5 nitrogen and oxygen atoms in total. The van der Waals surface area contributed by atoms with Gasteiger partial charge in [0, 0.05) is 28.7 Å². The van der Waals surface area contributed by atoms with Gasteiger partial charge in [-0.05, 0) is 54.3 Å². The van der Waals surface area contributed by atoms with Gasteiger partial charge in [0.1, 0.15) is 5.76 Å². The molecule has 2 aromatic carbocycles. The highest BCUT2D eigenvalue weighted by molar-refractivity contribution is 6.51. The van der Waals surface area contributed by atoms with Crippen LogP contribution in [0.3, 0.4) is 0 Å². The molecule has 0 spiro atoms. The molecule has 1 amide bonds. The number of anilines is 1. The van der Waals surface area contributed by atoms with E-state index in [1.165, 1.54) is 4.90 Å². The Kier molecular flexibility index (Phi) is 5.61. The Labute approximate surface area is 185 Å². The minimum Gasteiger partial charge on any atom is -0.507 e. The number of aryl methyl sites for hydroxylation is 2. The predicted molar refractivity (Wildman–Crippen MR) is 121 cm³/mol. The lowest BCUT2D eigenvalue weighted by molar-refractivity contribution is -0.132. The number of hydrogen-bond donors (Lipinski definition) is 1. The van der Waals surface area contributed by atoms with Crippen molar-refractivity contribution in [2.45, 2.75) is 26.3 Å². The summed E-state index contributed by atoms with van der Waals surface area (Å²) in [5.74, 6) is -1.66. The minimum atomic E-state index is -0.798. The standard InChI is InChI=1S/C25H21ClN2O3/c1-3-16-5-7-18(8-6-16)23(29)21-22(17-10-12-27-13-11-17)28(25(31)24(21)30)19-9-4-15(2)20(26)14-19/h4-14,22,29H,3H2,1-2H3/b23-21+. The number of aromatic nitrogens is 1. The highest BCUT2D eigenvalue weighted by Crippen LogP contribution is 2.42. The van der Waals surface area contributed by atoms with Gasteiger partial charge in [0.15, 0.2) is 0 Å². The van der Waals surface area contributed by atoms with E-state index in [4.69, 9.17) is 11.6 Å². The zero-order chi connectivity index (χ0) is 22.1. The van der Waals surface area contributed by atoms with Crippen molar-refractivity contribution in [2.24, 2.45) is 0 Å². The molecule has 31 heavy (non-hydrogen) atoms. The number of amides is 1. The molecule has 3 aromatic rings. The van der Waals surface area contributed by atoms with E-state index < -0.39 is 17.7 Å². The number of carbonyl (C=O) groups excluding carboxylic acids is 2. The highest BCUT2D eigenvalue weighted by atomic mass is 35.5. The summed E-state index contributed by atoms with van der Waals surface area (Å²) in [6.45, 7) is 3.90. The lowest BCUT2D eigenvalue weighted by Crippen LogP contribution is -2.29. The van der Waals surface area contributed by atoms with Crippen molar-refractivity contribution in [2.75, 3.05) is 4.90 Å². The molecule has 1 saturated heterocycles. The first-order valence-electron chi connectivity index (χ1n) is 9.98. The number of rotatable bonds is 4. The van der Waals surface area contributed by atoms with Crippen LogP contribution < -0.4 is 4.90 Å². The Balaban J connectivity index is 1.92. The van der Waals surface area contributed by atoms with Crippen LogP contribution in [0.1, 0.15) is 35.2 Å². The number of aliphatic hydroxyl groups excluding tert-OH is 1. The number of ketones is 1. The van der Waals surface area contributed by atoms with Crippen LogP contribution in [0, 0.1) is 6.92 Å². The number of benzene rings is 2. The topological polar surface area (TPSA) is 70.5 Å². The van der Waals surface area contributed by atoms with E-state index in [1.54, 1.807) is 54.9 Å². The van der Waals surface area contributed by atoms with Crippen LogP contribution in [0.5, 0.6) is 0 Å². The maximum atomic E-state index is 13.1. The molecule has 0 aliphatic carbocycles. The van der Waals surface area contributed by atoms with Crippen molar-refractivity contribution in [1.82, 2.24) is 4.98 Å². The molecule has 0 bridgehead atoms. The van der Waals surface area contributed by atoms with Gasteiger partial charge in [-0.3, -0.25) is 19.5 Å². The smallest absolute Gasteiger partial charge is 0.300 e. The number of Topliss-reactive ketones (excluding diaryl/α,β-unsaturated/α-hetero) is 1. The SMILES string of the molecule is CCc1ccc(/C(O)=C2\C(=O)C(=O)N(c3ccc(C)c(Cl)c3)C2c2ccncc2)cc1. The van der Waals surface area contributed by atoms with Gasteiger partial charge in [-0.25, -0.2) is 0 Å². The monoisotopic (exact) mass is 432 g/mol. The lowest BCUT2D eigenvalue weighted by Gasteiger charge is -2.25. The van der Waals surface area contributed by atoms with Gasteiger partial charge in [0.05, 0.1) is 11.6 Å². The maximum absolute atomic E-state index is 13.1. The first kappa shape index (κ1) is 20.8. The van der Waals surface area contributed by atoms with Crippen molar-refractivity contribution in [3.05, 3.63) is 99.8 Å². The second-order valence-corrected chi connectivity index (χ2v) is 7.84. The molecule has 1 N–H and O–H groups in total. The maximum Gasteiger partial charge on any atom is 0.300 e. The molecule has 156 valence electrons. The Morgan fingerprint density at radius 2 is 1.74 bits per heavy atom. The highest BCUT2D eigenvalue weighted by Gasteiger charge is 2.47. The lowest BCUT2D eigenvalue weighted by atomic mass is 9.95. The Morgan fingerprint density at radius 1 is 1.06 bits per heavy atom. The van der Waals surface area contributed by atoms with Gasteiger partial charge >= 0.3 is 0 Å². The van der Waals surface area contributed by atoms with Crippen LogP contribution in [0.4, 0.5) is 5.69 Å². The summed E-state index contributed by atoms with van der Waals surface area (Å²) in [6, 6.07) is 15.2. The molecule has 2 heterocycles. The van der Waals surface area contributed by atoms with Crippen LogP contribution in [-0.4, -0.2) is 21.8 Å². The quantitative estimate of drug-likeness (QED) is 0.348. The van der Waals surface area contributed by atoms with E-state index in [2.05, 4.69) is 4.98 Å². The summed E-state index contributed by atoms with van der Waals surface area (Å²) in [4.78, 5) is 31.6. The molecule has 6 heteroatoms. The first-order valence-corrected chi connectivity index (χ1v) is 10.4. The molecular formula is C25H21ClN2O3. The molecule has 0 radical (unpaired) electrons. The molecule has 4 rings (SSSR count). The number of halogens is 1. The molecule has 1 atom stereocenters. The largest absolute Gasteiger partial charge is 0.507 e. The van der Waals surface area contributed by atoms with Gasteiger partial charge < -0.3 is 5.11 Å². The average Bonchev–Trinajstić information content (AvgIpc) is 3.06. The van der Waals surface area contributed by atoms with E-state index in [-0.39, 0.29) is 11.3 Å².